The van der Waals surface area contributed by atoms with Gasteiger partial charge in [0.1, 0.15) is 6.61 Å². The Morgan fingerprint density at radius 3 is 2.88 bits per heavy atom. The Labute approximate surface area is 151 Å². The van der Waals surface area contributed by atoms with Gasteiger partial charge in [-0.25, -0.2) is 0 Å². The number of aromatic nitrogens is 2. The van der Waals surface area contributed by atoms with Gasteiger partial charge in [-0.3, -0.25) is 14.8 Å². The Bertz CT molecular complexity index is 563. The number of hydrogen-bond acceptors (Lipinski definition) is 4. The Balaban J connectivity index is 1.51. The molecule has 5 nitrogen and oxygen atoms in total. The third kappa shape index (κ3) is 4.57. The smallest absolute Gasteiger partial charge is 0.248 e. The molecule has 1 aromatic rings. The van der Waals surface area contributed by atoms with E-state index in [1.165, 1.54) is 12.8 Å². The number of ether oxygens (including phenoxy) is 1. The van der Waals surface area contributed by atoms with E-state index in [1.807, 2.05) is 11.1 Å². The van der Waals surface area contributed by atoms with Crippen molar-refractivity contribution in [3.05, 3.63) is 24.3 Å². The lowest BCUT2D eigenvalue weighted by atomic mass is 9.75. The third-order valence-corrected chi connectivity index (χ3v) is 5.92. The second-order valence-corrected chi connectivity index (χ2v) is 8.13. The first-order valence-electron chi connectivity index (χ1n) is 9.70. The second kappa shape index (κ2) is 8.26. The van der Waals surface area contributed by atoms with E-state index in [0.29, 0.717) is 23.7 Å². The lowest BCUT2D eigenvalue weighted by molar-refractivity contribution is -0.140. The van der Waals surface area contributed by atoms with Crippen LogP contribution in [0.25, 0.3) is 0 Å². The van der Waals surface area contributed by atoms with E-state index in [9.17, 15) is 4.79 Å². The average molecular weight is 345 g/mol. The molecule has 2 aliphatic rings. The summed E-state index contributed by atoms with van der Waals surface area (Å²) in [6.07, 6.45) is 9.98. The minimum absolute atomic E-state index is 0.118. The van der Waals surface area contributed by atoms with Gasteiger partial charge in [-0.1, -0.05) is 27.2 Å². The molecule has 2 heterocycles. The van der Waals surface area contributed by atoms with Crippen LogP contribution >= 0.6 is 0 Å². The van der Waals surface area contributed by atoms with E-state index in [-0.39, 0.29) is 18.6 Å². The second-order valence-electron chi connectivity index (χ2n) is 8.13. The number of likely N-dealkylation sites (tertiary alicyclic amines) is 1. The van der Waals surface area contributed by atoms with E-state index in [4.69, 9.17) is 4.74 Å². The highest BCUT2D eigenvalue weighted by molar-refractivity contribution is 5.77. The normalized spacial score (nSPS) is 30.0. The molecular weight excluding hydrogens is 314 g/mol. The number of hydrogen-bond donors (Lipinski definition) is 0. The molecule has 4 unspecified atom stereocenters. The van der Waals surface area contributed by atoms with Gasteiger partial charge in [-0.05, 0) is 37.0 Å². The van der Waals surface area contributed by atoms with Gasteiger partial charge in [0.25, 0.3) is 0 Å². The Morgan fingerprint density at radius 2 is 2.16 bits per heavy atom. The maximum absolute atomic E-state index is 12.6. The standard InChI is InChI=1S/C20H31N3O2/c1-14(2)17-5-4-15(3)10-19(17)25-13-20(24)23-9-6-16(12-23)18-11-21-7-8-22-18/h7-8,11,14-17,19H,4-6,9-10,12-13H2,1-3H3. The van der Waals surface area contributed by atoms with Crippen LogP contribution in [0, 0.1) is 17.8 Å². The third-order valence-electron chi connectivity index (χ3n) is 5.92. The van der Waals surface area contributed by atoms with Crippen molar-refractivity contribution in [1.29, 1.82) is 0 Å². The summed E-state index contributed by atoms with van der Waals surface area (Å²) in [6, 6.07) is 0. The van der Waals surface area contributed by atoms with Crippen LogP contribution in [0.4, 0.5) is 0 Å². The molecule has 138 valence electrons. The molecule has 3 rings (SSSR count). The van der Waals surface area contributed by atoms with E-state index >= 15 is 0 Å². The van der Waals surface area contributed by atoms with Gasteiger partial charge in [-0.2, -0.15) is 0 Å². The van der Waals surface area contributed by atoms with E-state index in [0.717, 1.165) is 31.6 Å². The van der Waals surface area contributed by atoms with Crippen molar-refractivity contribution in [3.8, 4) is 0 Å². The maximum atomic E-state index is 12.6. The molecule has 0 aromatic carbocycles. The molecule has 2 fully saturated rings. The van der Waals surface area contributed by atoms with Crippen molar-refractivity contribution in [1.82, 2.24) is 14.9 Å². The lowest BCUT2D eigenvalue weighted by Gasteiger charge is -2.37. The minimum Gasteiger partial charge on any atom is -0.368 e. The quantitative estimate of drug-likeness (QED) is 0.822. The van der Waals surface area contributed by atoms with Crippen LogP contribution in [0.2, 0.25) is 0 Å². The molecule has 1 aliphatic heterocycles. The van der Waals surface area contributed by atoms with Gasteiger partial charge in [0.15, 0.2) is 0 Å². The molecule has 1 saturated heterocycles. The zero-order valence-electron chi connectivity index (χ0n) is 15.7. The fourth-order valence-electron chi connectivity index (χ4n) is 4.33. The van der Waals surface area contributed by atoms with Gasteiger partial charge >= 0.3 is 0 Å². The van der Waals surface area contributed by atoms with E-state index in [2.05, 4.69) is 30.7 Å². The first-order valence-corrected chi connectivity index (χ1v) is 9.70. The molecule has 0 bridgehead atoms. The number of rotatable bonds is 5. The fraction of sp³-hybridized carbons (Fsp3) is 0.750. The minimum atomic E-state index is 0.118. The molecule has 25 heavy (non-hydrogen) atoms. The van der Waals surface area contributed by atoms with Gasteiger partial charge in [0.2, 0.25) is 5.91 Å². The lowest BCUT2D eigenvalue weighted by Crippen LogP contribution is -2.38. The zero-order chi connectivity index (χ0) is 17.8. The molecule has 0 spiro atoms. The predicted molar refractivity (Wildman–Crippen MR) is 97.1 cm³/mol. The highest BCUT2D eigenvalue weighted by Crippen LogP contribution is 2.35. The SMILES string of the molecule is CC1CCC(C(C)C)C(OCC(=O)N2CCC(c3cnccn3)C2)C1. The van der Waals surface area contributed by atoms with Crippen molar-refractivity contribution < 1.29 is 9.53 Å². The Morgan fingerprint density at radius 1 is 1.32 bits per heavy atom. The first kappa shape index (κ1) is 18.3. The van der Waals surface area contributed by atoms with Crippen LogP contribution in [0.1, 0.15) is 58.1 Å². The Kier molecular flexibility index (Phi) is 6.05. The maximum Gasteiger partial charge on any atom is 0.248 e. The molecule has 1 aromatic heterocycles. The number of carbonyl (C=O) groups is 1. The van der Waals surface area contributed by atoms with Crippen LogP contribution in [0.3, 0.4) is 0 Å². The summed E-state index contributed by atoms with van der Waals surface area (Å²) in [4.78, 5) is 23.0. The van der Waals surface area contributed by atoms with Crippen molar-refractivity contribution in [3.63, 3.8) is 0 Å². The molecule has 1 aliphatic carbocycles. The summed E-state index contributed by atoms with van der Waals surface area (Å²) in [5, 5.41) is 0. The van der Waals surface area contributed by atoms with Gasteiger partial charge in [0, 0.05) is 37.6 Å². The molecule has 0 radical (unpaired) electrons. The topological polar surface area (TPSA) is 55.3 Å². The van der Waals surface area contributed by atoms with Crippen LogP contribution < -0.4 is 0 Å². The number of nitrogens with zero attached hydrogens (tertiary/aromatic N) is 3. The summed E-state index contributed by atoms with van der Waals surface area (Å²) in [7, 11) is 0. The molecule has 1 saturated carbocycles. The van der Waals surface area contributed by atoms with Crippen molar-refractivity contribution in [2.24, 2.45) is 17.8 Å². The summed E-state index contributed by atoms with van der Waals surface area (Å²) in [5.41, 5.74) is 0.986. The molecule has 4 atom stereocenters. The van der Waals surface area contributed by atoms with Gasteiger partial charge in [-0.15, -0.1) is 0 Å². The monoisotopic (exact) mass is 345 g/mol. The largest absolute Gasteiger partial charge is 0.368 e. The van der Waals surface area contributed by atoms with Crippen LogP contribution in [-0.4, -0.2) is 46.6 Å². The number of carbonyl (C=O) groups excluding carboxylic acids is 1. The molecular formula is C20H31N3O2. The average Bonchev–Trinajstić information content (AvgIpc) is 3.10. The van der Waals surface area contributed by atoms with E-state index < -0.39 is 0 Å². The summed E-state index contributed by atoms with van der Waals surface area (Å²) in [6.45, 7) is 8.57. The van der Waals surface area contributed by atoms with Crippen LogP contribution in [-0.2, 0) is 9.53 Å². The summed E-state index contributed by atoms with van der Waals surface area (Å²) in [5.74, 6) is 2.31. The molecule has 0 N–H and O–H groups in total. The van der Waals surface area contributed by atoms with Gasteiger partial charge < -0.3 is 9.64 Å². The summed E-state index contributed by atoms with van der Waals surface area (Å²) < 4.78 is 6.12. The van der Waals surface area contributed by atoms with Crippen molar-refractivity contribution in [2.75, 3.05) is 19.7 Å². The van der Waals surface area contributed by atoms with Crippen molar-refractivity contribution >= 4 is 5.91 Å². The summed E-state index contributed by atoms with van der Waals surface area (Å²) >= 11 is 0. The van der Waals surface area contributed by atoms with Crippen LogP contribution in [0.15, 0.2) is 18.6 Å². The highest BCUT2D eigenvalue weighted by atomic mass is 16.5. The number of amides is 1. The van der Waals surface area contributed by atoms with Gasteiger partial charge in [0.05, 0.1) is 11.8 Å². The first-order chi connectivity index (χ1) is 12.0. The predicted octanol–water partition coefficient (Wildman–Crippen LogP) is 3.27. The van der Waals surface area contributed by atoms with Crippen LogP contribution in [0.5, 0.6) is 0 Å². The fourth-order valence-corrected chi connectivity index (χ4v) is 4.33. The van der Waals surface area contributed by atoms with E-state index in [1.54, 1.807) is 12.4 Å². The molecule has 1 amide bonds. The molecule has 5 heteroatoms. The Hall–Kier alpha value is -1.49. The zero-order valence-corrected chi connectivity index (χ0v) is 15.7. The highest BCUT2D eigenvalue weighted by Gasteiger charge is 2.33. The van der Waals surface area contributed by atoms with Crippen molar-refractivity contribution in [2.45, 2.75) is 58.5 Å².